The molecule has 4 heteroatoms. The minimum Gasteiger partial charge on any atom is -0.305 e. The topological polar surface area (TPSA) is 37.4 Å². The summed E-state index contributed by atoms with van der Waals surface area (Å²) in [5.41, 5.74) is 3.13. The van der Waals surface area contributed by atoms with E-state index in [1.165, 1.54) is 0 Å². The average Bonchev–Trinajstić information content (AvgIpc) is 2.37. The number of Topliss-reactive ketones (excluding diaryl/α,β-unsaturated/α-hetero) is 1. The van der Waals surface area contributed by atoms with E-state index in [-0.39, 0.29) is 23.1 Å². The summed E-state index contributed by atoms with van der Waals surface area (Å²) in [6.07, 6.45) is 0.851. The minimum atomic E-state index is -0.349. The molecular weight excluding hydrogens is 286 g/mol. The third-order valence-electron chi connectivity index (χ3n) is 4.19. The van der Waals surface area contributed by atoms with Crippen LogP contribution in [0.2, 0.25) is 0 Å². The van der Waals surface area contributed by atoms with Crippen molar-refractivity contribution in [2.45, 2.75) is 52.5 Å². The Morgan fingerprint density at radius 1 is 1.38 bits per heavy atom. The van der Waals surface area contributed by atoms with Gasteiger partial charge in [0.1, 0.15) is 5.88 Å². The second-order valence-electron chi connectivity index (χ2n) is 6.59. The Morgan fingerprint density at radius 3 is 2.52 bits per heavy atom. The first-order valence-corrected chi connectivity index (χ1v) is 7.77. The molecule has 1 amide bonds. The Hall–Kier alpha value is -1.35. The summed E-state index contributed by atoms with van der Waals surface area (Å²) in [6.45, 7) is 9.73. The van der Waals surface area contributed by atoms with Gasteiger partial charge in [0.2, 0.25) is 5.91 Å². The number of carbonyl (C=O) groups is 2. The quantitative estimate of drug-likeness (QED) is 0.610. The molecule has 114 valence electrons. The van der Waals surface area contributed by atoms with Gasteiger partial charge >= 0.3 is 0 Å². The molecule has 0 radical (unpaired) electrons. The maximum absolute atomic E-state index is 12.4. The summed E-state index contributed by atoms with van der Waals surface area (Å²) in [7, 11) is 0. The first-order chi connectivity index (χ1) is 9.69. The summed E-state index contributed by atoms with van der Waals surface area (Å²) in [5.74, 6) is 0.0448. The van der Waals surface area contributed by atoms with Gasteiger partial charge in [-0.15, -0.1) is 11.6 Å². The van der Waals surface area contributed by atoms with E-state index in [1.807, 2.05) is 26.8 Å². The number of hydrogen-bond donors (Lipinski definition) is 0. The Bertz CT molecular complexity index is 607. The van der Waals surface area contributed by atoms with Gasteiger partial charge < -0.3 is 4.90 Å². The molecule has 0 aliphatic carbocycles. The molecule has 1 unspecified atom stereocenters. The summed E-state index contributed by atoms with van der Waals surface area (Å²) in [4.78, 5) is 26.2. The van der Waals surface area contributed by atoms with Gasteiger partial charge in [0.25, 0.3) is 0 Å². The monoisotopic (exact) mass is 307 g/mol. The highest BCUT2D eigenvalue weighted by atomic mass is 35.5. The molecule has 0 N–H and O–H groups in total. The number of anilines is 1. The molecule has 1 aliphatic heterocycles. The van der Waals surface area contributed by atoms with Gasteiger partial charge in [0.05, 0.1) is 5.69 Å². The van der Waals surface area contributed by atoms with Crippen LogP contribution in [-0.4, -0.2) is 23.1 Å². The molecule has 1 heterocycles. The van der Waals surface area contributed by atoms with Crippen LogP contribution >= 0.6 is 11.6 Å². The predicted molar refractivity (Wildman–Crippen MR) is 86.5 cm³/mol. The summed E-state index contributed by atoms with van der Waals surface area (Å²) < 4.78 is 0. The Labute approximate surface area is 131 Å². The SMILES string of the molecule is CC(=O)c1cc(C)cc2c1N(C(=O)CCl)C(C)(C)CC2C. The molecule has 2 rings (SSSR count). The van der Waals surface area contributed by atoms with Crippen molar-refractivity contribution in [1.82, 2.24) is 0 Å². The van der Waals surface area contributed by atoms with E-state index in [0.29, 0.717) is 11.5 Å². The lowest BCUT2D eigenvalue weighted by atomic mass is 9.78. The predicted octanol–water partition coefficient (Wildman–Crippen LogP) is 4.06. The van der Waals surface area contributed by atoms with Crippen molar-refractivity contribution in [3.05, 3.63) is 28.8 Å². The zero-order valence-electron chi connectivity index (χ0n) is 13.3. The standard InChI is InChI=1S/C17H22ClNO2/c1-10-6-13-11(2)8-17(4,5)19(15(21)9-18)16(13)14(7-10)12(3)20/h6-7,11H,8-9H2,1-5H3. The van der Waals surface area contributed by atoms with Crippen molar-refractivity contribution in [1.29, 1.82) is 0 Å². The van der Waals surface area contributed by atoms with Crippen LogP contribution in [0.1, 0.15) is 61.5 Å². The van der Waals surface area contributed by atoms with Gasteiger partial charge in [-0.2, -0.15) is 0 Å². The van der Waals surface area contributed by atoms with Crippen LogP contribution in [0, 0.1) is 6.92 Å². The second-order valence-corrected chi connectivity index (χ2v) is 6.85. The Morgan fingerprint density at radius 2 is 2.00 bits per heavy atom. The lowest BCUT2D eigenvalue weighted by Crippen LogP contribution is -2.52. The number of hydrogen-bond acceptors (Lipinski definition) is 2. The molecule has 21 heavy (non-hydrogen) atoms. The van der Waals surface area contributed by atoms with E-state index in [0.717, 1.165) is 23.2 Å². The van der Waals surface area contributed by atoms with Crippen molar-refractivity contribution in [3.8, 4) is 0 Å². The fraction of sp³-hybridized carbons (Fsp3) is 0.529. The Kier molecular flexibility index (Phi) is 4.16. The number of alkyl halides is 1. The molecule has 0 saturated heterocycles. The molecule has 0 fully saturated rings. The van der Waals surface area contributed by atoms with E-state index in [2.05, 4.69) is 13.0 Å². The van der Waals surface area contributed by atoms with Gasteiger partial charge in [-0.1, -0.05) is 13.0 Å². The highest BCUT2D eigenvalue weighted by Crippen LogP contribution is 2.45. The second kappa shape index (κ2) is 5.45. The summed E-state index contributed by atoms with van der Waals surface area (Å²) in [5, 5.41) is 0. The number of carbonyl (C=O) groups excluding carboxylic acids is 2. The molecule has 0 bridgehead atoms. The molecule has 0 aromatic heterocycles. The van der Waals surface area contributed by atoms with Crippen LogP contribution in [0.25, 0.3) is 0 Å². The van der Waals surface area contributed by atoms with Crippen LogP contribution < -0.4 is 4.90 Å². The number of nitrogens with zero attached hydrogens (tertiary/aromatic N) is 1. The third kappa shape index (κ3) is 2.71. The molecule has 1 atom stereocenters. The van der Waals surface area contributed by atoms with Crippen LogP contribution in [0.15, 0.2) is 12.1 Å². The summed E-state index contributed by atoms with van der Waals surface area (Å²) >= 11 is 5.80. The summed E-state index contributed by atoms with van der Waals surface area (Å²) in [6, 6.07) is 3.94. The average molecular weight is 308 g/mol. The Balaban J connectivity index is 2.79. The highest BCUT2D eigenvalue weighted by molar-refractivity contribution is 6.30. The largest absolute Gasteiger partial charge is 0.305 e. The molecule has 1 aromatic carbocycles. The number of halogens is 1. The number of benzene rings is 1. The zero-order chi connectivity index (χ0) is 15.9. The molecule has 1 aromatic rings. The molecule has 3 nitrogen and oxygen atoms in total. The maximum atomic E-state index is 12.4. The van der Waals surface area contributed by atoms with Gasteiger partial charge in [-0.3, -0.25) is 9.59 Å². The lowest BCUT2D eigenvalue weighted by molar-refractivity contribution is -0.117. The van der Waals surface area contributed by atoms with E-state index >= 15 is 0 Å². The smallest absolute Gasteiger partial charge is 0.242 e. The van der Waals surface area contributed by atoms with Gasteiger partial charge in [0, 0.05) is 11.1 Å². The normalized spacial score (nSPS) is 20.1. The maximum Gasteiger partial charge on any atom is 0.242 e. The first-order valence-electron chi connectivity index (χ1n) is 7.23. The van der Waals surface area contributed by atoms with Crippen molar-refractivity contribution < 1.29 is 9.59 Å². The minimum absolute atomic E-state index is 0.0211. The van der Waals surface area contributed by atoms with Gasteiger partial charge in [0.15, 0.2) is 5.78 Å². The van der Waals surface area contributed by atoms with Gasteiger partial charge in [-0.05, 0) is 57.2 Å². The fourth-order valence-electron chi connectivity index (χ4n) is 3.48. The number of amides is 1. The van der Waals surface area contributed by atoms with E-state index in [9.17, 15) is 9.59 Å². The van der Waals surface area contributed by atoms with Gasteiger partial charge in [-0.25, -0.2) is 0 Å². The van der Waals surface area contributed by atoms with E-state index in [1.54, 1.807) is 11.8 Å². The number of ketones is 1. The van der Waals surface area contributed by atoms with E-state index < -0.39 is 0 Å². The van der Waals surface area contributed by atoms with E-state index in [4.69, 9.17) is 11.6 Å². The zero-order valence-corrected chi connectivity index (χ0v) is 14.0. The number of fused-ring (bicyclic) bond motifs is 1. The molecule has 0 saturated carbocycles. The van der Waals surface area contributed by atoms with Crippen molar-refractivity contribution in [2.24, 2.45) is 0 Å². The highest BCUT2D eigenvalue weighted by Gasteiger charge is 2.41. The lowest BCUT2D eigenvalue weighted by Gasteiger charge is -2.46. The molecular formula is C17H22ClNO2. The fourth-order valence-corrected chi connectivity index (χ4v) is 3.60. The number of aryl methyl sites for hydroxylation is 1. The van der Waals surface area contributed by atoms with Crippen LogP contribution in [0.5, 0.6) is 0 Å². The van der Waals surface area contributed by atoms with Crippen molar-refractivity contribution >= 4 is 29.0 Å². The third-order valence-corrected chi connectivity index (χ3v) is 4.42. The first kappa shape index (κ1) is 16.0. The molecule has 0 spiro atoms. The number of rotatable bonds is 2. The van der Waals surface area contributed by atoms with Crippen LogP contribution in [0.3, 0.4) is 0 Å². The van der Waals surface area contributed by atoms with Crippen LogP contribution in [0.4, 0.5) is 5.69 Å². The van der Waals surface area contributed by atoms with Crippen LogP contribution in [-0.2, 0) is 4.79 Å². The van der Waals surface area contributed by atoms with Crippen molar-refractivity contribution in [3.63, 3.8) is 0 Å². The van der Waals surface area contributed by atoms with Crippen molar-refractivity contribution in [2.75, 3.05) is 10.8 Å². The molecule has 1 aliphatic rings.